The molecule has 0 saturated heterocycles. The summed E-state index contributed by atoms with van der Waals surface area (Å²) >= 11 is 0. The molecule has 4 aromatic rings. The molecule has 0 amide bonds. The Bertz CT molecular complexity index is 1280. The maximum atomic E-state index is 9.20. The largest absolute Gasteiger partial charge is 0.493 e. The fraction of sp³-hybridized carbons (Fsp3) is 0.261. The fourth-order valence-electron chi connectivity index (χ4n) is 4.12. The van der Waals surface area contributed by atoms with Gasteiger partial charge in [-0.15, -0.1) is 0 Å². The maximum Gasteiger partial charge on any atom is 0.164 e. The molecule has 1 aliphatic rings. The number of benzene rings is 2. The van der Waals surface area contributed by atoms with Crippen LogP contribution in [0.2, 0.25) is 0 Å². The van der Waals surface area contributed by atoms with Crippen LogP contribution in [-0.4, -0.2) is 26.7 Å². The number of nitriles is 1. The lowest BCUT2D eigenvalue weighted by Crippen LogP contribution is -2.16. The van der Waals surface area contributed by atoms with Crippen molar-refractivity contribution < 1.29 is 9.47 Å². The van der Waals surface area contributed by atoms with Crippen molar-refractivity contribution in [2.75, 3.05) is 7.11 Å². The zero-order valence-electron chi connectivity index (χ0n) is 16.9. The van der Waals surface area contributed by atoms with Crippen LogP contribution in [0.1, 0.15) is 35.6 Å². The highest BCUT2D eigenvalue weighted by Crippen LogP contribution is 2.39. The van der Waals surface area contributed by atoms with Crippen molar-refractivity contribution in [2.45, 2.75) is 25.4 Å². The van der Waals surface area contributed by atoms with Crippen molar-refractivity contribution in [3.63, 3.8) is 0 Å². The SMILES string of the molecule is COc1cc2cnn(-c3cnn(C)c3)c2cc1O[C@H]1CCCc2cc(C#N)ccc21. The average molecular weight is 399 g/mol. The summed E-state index contributed by atoms with van der Waals surface area (Å²) in [7, 11) is 3.53. The molecule has 0 bridgehead atoms. The highest BCUT2D eigenvalue weighted by atomic mass is 16.5. The Morgan fingerprint density at radius 2 is 2.03 bits per heavy atom. The van der Waals surface area contributed by atoms with E-state index in [0.717, 1.165) is 41.4 Å². The van der Waals surface area contributed by atoms with Crippen LogP contribution in [-0.2, 0) is 13.5 Å². The lowest BCUT2D eigenvalue weighted by atomic mass is 9.88. The third kappa shape index (κ3) is 3.07. The van der Waals surface area contributed by atoms with E-state index < -0.39 is 0 Å². The highest BCUT2D eigenvalue weighted by Gasteiger charge is 2.24. The molecule has 150 valence electrons. The molecule has 0 unspecified atom stereocenters. The van der Waals surface area contributed by atoms with Crippen molar-refractivity contribution in [2.24, 2.45) is 7.05 Å². The van der Waals surface area contributed by atoms with Crippen molar-refractivity contribution in [3.05, 3.63) is 65.6 Å². The third-order valence-corrected chi connectivity index (χ3v) is 5.59. The van der Waals surface area contributed by atoms with Crippen LogP contribution in [0.5, 0.6) is 11.5 Å². The molecule has 5 rings (SSSR count). The molecule has 30 heavy (non-hydrogen) atoms. The third-order valence-electron chi connectivity index (χ3n) is 5.59. The number of methoxy groups -OCH3 is 1. The summed E-state index contributed by atoms with van der Waals surface area (Å²) in [6.07, 6.45) is 8.33. The van der Waals surface area contributed by atoms with Crippen molar-refractivity contribution in [3.8, 4) is 23.3 Å². The quantitative estimate of drug-likeness (QED) is 0.516. The first-order valence-electron chi connectivity index (χ1n) is 9.90. The molecule has 7 heteroatoms. The van der Waals surface area contributed by atoms with Gasteiger partial charge in [0.05, 0.1) is 42.8 Å². The van der Waals surface area contributed by atoms with Crippen LogP contribution in [0.25, 0.3) is 16.6 Å². The average Bonchev–Trinajstić information content (AvgIpc) is 3.38. The second-order valence-corrected chi connectivity index (χ2v) is 7.51. The molecule has 2 aromatic carbocycles. The number of ether oxygens (including phenoxy) is 2. The summed E-state index contributed by atoms with van der Waals surface area (Å²) in [5.41, 5.74) is 4.83. The Morgan fingerprint density at radius 1 is 1.13 bits per heavy atom. The maximum absolute atomic E-state index is 9.20. The van der Waals surface area contributed by atoms with E-state index in [0.29, 0.717) is 17.1 Å². The zero-order chi connectivity index (χ0) is 20.7. The molecule has 0 spiro atoms. The lowest BCUT2D eigenvalue weighted by Gasteiger charge is -2.27. The van der Waals surface area contributed by atoms with E-state index in [2.05, 4.69) is 16.3 Å². The minimum Gasteiger partial charge on any atom is -0.493 e. The van der Waals surface area contributed by atoms with Gasteiger partial charge in [0.15, 0.2) is 11.5 Å². The van der Waals surface area contributed by atoms with Gasteiger partial charge in [0, 0.05) is 18.5 Å². The molecule has 0 fully saturated rings. The van der Waals surface area contributed by atoms with Crippen LogP contribution in [0.4, 0.5) is 0 Å². The first-order valence-corrected chi connectivity index (χ1v) is 9.90. The summed E-state index contributed by atoms with van der Waals surface area (Å²) in [6, 6.07) is 12.0. The highest BCUT2D eigenvalue weighted by molar-refractivity contribution is 5.84. The van der Waals surface area contributed by atoms with E-state index in [1.165, 1.54) is 5.56 Å². The van der Waals surface area contributed by atoms with Gasteiger partial charge in [0.25, 0.3) is 0 Å². The molecule has 1 atom stereocenters. The van der Waals surface area contributed by atoms with E-state index in [1.54, 1.807) is 18.0 Å². The fourth-order valence-corrected chi connectivity index (χ4v) is 4.12. The summed E-state index contributed by atoms with van der Waals surface area (Å²) in [4.78, 5) is 0. The van der Waals surface area contributed by atoms with Crippen LogP contribution in [0, 0.1) is 11.3 Å². The van der Waals surface area contributed by atoms with Gasteiger partial charge in [-0.25, -0.2) is 4.68 Å². The second kappa shape index (κ2) is 7.23. The van der Waals surface area contributed by atoms with Crippen LogP contribution in [0.3, 0.4) is 0 Å². The topological polar surface area (TPSA) is 77.9 Å². The number of rotatable bonds is 4. The molecule has 1 aliphatic carbocycles. The zero-order valence-corrected chi connectivity index (χ0v) is 16.9. The number of aromatic nitrogens is 4. The molecule has 2 heterocycles. The summed E-state index contributed by atoms with van der Waals surface area (Å²) in [5, 5.41) is 18.9. The first-order chi connectivity index (χ1) is 14.7. The van der Waals surface area contributed by atoms with Gasteiger partial charge in [-0.1, -0.05) is 6.07 Å². The van der Waals surface area contributed by atoms with Crippen molar-refractivity contribution in [1.29, 1.82) is 5.26 Å². The first kappa shape index (κ1) is 18.3. The van der Waals surface area contributed by atoms with Gasteiger partial charge in [0.2, 0.25) is 0 Å². The minimum absolute atomic E-state index is 0.0809. The van der Waals surface area contributed by atoms with Gasteiger partial charge in [0.1, 0.15) is 11.8 Å². The second-order valence-electron chi connectivity index (χ2n) is 7.51. The van der Waals surface area contributed by atoms with Gasteiger partial charge in [-0.3, -0.25) is 4.68 Å². The molecule has 0 N–H and O–H groups in total. The number of hydrogen-bond acceptors (Lipinski definition) is 5. The lowest BCUT2D eigenvalue weighted by molar-refractivity contribution is 0.176. The Morgan fingerprint density at radius 3 is 2.80 bits per heavy atom. The molecule has 0 saturated carbocycles. The summed E-state index contributed by atoms with van der Waals surface area (Å²) in [5.74, 6) is 1.35. The Hall–Kier alpha value is -3.79. The van der Waals surface area contributed by atoms with Crippen LogP contribution in [0.15, 0.2) is 48.9 Å². The van der Waals surface area contributed by atoms with Crippen molar-refractivity contribution >= 4 is 10.9 Å². The van der Waals surface area contributed by atoms with Gasteiger partial charge in [-0.2, -0.15) is 15.5 Å². The molecule has 7 nitrogen and oxygen atoms in total. The summed E-state index contributed by atoms with van der Waals surface area (Å²) < 4.78 is 15.7. The normalized spacial score (nSPS) is 15.6. The number of nitrogens with zero attached hydrogens (tertiary/aromatic N) is 5. The van der Waals surface area contributed by atoms with Gasteiger partial charge >= 0.3 is 0 Å². The monoisotopic (exact) mass is 399 g/mol. The predicted octanol–water partition coefficient (Wildman–Crippen LogP) is 4.10. The van der Waals surface area contributed by atoms with Crippen LogP contribution < -0.4 is 9.47 Å². The van der Waals surface area contributed by atoms with Gasteiger partial charge in [-0.05, 0) is 48.6 Å². The minimum atomic E-state index is -0.0809. The summed E-state index contributed by atoms with van der Waals surface area (Å²) in [6.45, 7) is 0. The number of hydrogen-bond donors (Lipinski definition) is 0. The molecular weight excluding hydrogens is 378 g/mol. The van der Waals surface area contributed by atoms with E-state index in [9.17, 15) is 5.26 Å². The molecule has 0 radical (unpaired) electrons. The Kier molecular flexibility index (Phi) is 4.40. The number of fused-ring (bicyclic) bond motifs is 2. The molecular formula is C23H21N5O2. The van der Waals surface area contributed by atoms with Crippen molar-refractivity contribution in [1.82, 2.24) is 19.6 Å². The predicted molar refractivity (Wildman–Crippen MR) is 112 cm³/mol. The number of aryl methyl sites for hydroxylation is 2. The Labute approximate surface area is 174 Å². The van der Waals surface area contributed by atoms with E-state index in [-0.39, 0.29) is 6.10 Å². The van der Waals surface area contributed by atoms with Crippen LogP contribution >= 0.6 is 0 Å². The van der Waals surface area contributed by atoms with E-state index in [1.807, 2.05) is 54.5 Å². The smallest absolute Gasteiger partial charge is 0.164 e. The van der Waals surface area contributed by atoms with Gasteiger partial charge < -0.3 is 9.47 Å². The van der Waals surface area contributed by atoms with E-state index in [4.69, 9.17) is 9.47 Å². The standard InChI is InChI=1S/C23H21N5O2/c1-27-14-18(13-25-27)28-20-10-23(22(29-2)9-17(20)12-26-28)30-21-5-3-4-16-8-15(11-24)6-7-19(16)21/h6-10,12-14,21H,3-5H2,1-2H3/t21-/m0/s1. The van der Waals surface area contributed by atoms with E-state index >= 15 is 0 Å². The Balaban J connectivity index is 1.55. The molecule has 2 aromatic heterocycles. The molecule has 0 aliphatic heterocycles.